The molecule has 7 nitrogen and oxygen atoms in total. The summed E-state index contributed by atoms with van der Waals surface area (Å²) in [6, 6.07) is 0. The van der Waals surface area contributed by atoms with Crippen LogP contribution in [0.4, 0.5) is 30.7 Å². The Morgan fingerprint density at radius 1 is 0.839 bits per heavy atom. The van der Waals surface area contributed by atoms with Crippen LogP contribution in [0.25, 0.3) is 0 Å². The van der Waals surface area contributed by atoms with Crippen molar-refractivity contribution in [3.05, 3.63) is 0 Å². The summed E-state index contributed by atoms with van der Waals surface area (Å²) < 4.78 is 114. The SMILES string of the molecule is CC(C(F)(F)F)C(F)(F)C(F)(F)S(=O)(=O)[O-].CN(C)CCC[NH3+].CN(C)CCC[NH3+].[Cl-]. The first-order valence-corrected chi connectivity index (χ1v) is 10.3. The summed E-state index contributed by atoms with van der Waals surface area (Å²) in [6.45, 7) is 4.10. The molecule has 0 aromatic carbocycles. The van der Waals surface area contributed by atoms with Gasteiger partial charge in [-0.25, -0.2) is 8.42 Å². The average Bonchev–Trinajstić information content (AvgIpc) is 2.56. The third-order valence-corrected chi connectivity index (χ3v) is 4.35. The highest BCUT2D eigenvalue weighted by molar-refractivity contribution is 7.86. The molecule has 0 aromatic rings. The summed E-state index contributed by atoms with van der Waals surface area (Å²) >= 11 is 0. The molecule has 0 fully saturated rings. The fourth-order valence-electron chi connectivity index (χ4n) is 1.48. The molecule has 16 heteroatoms. The minimum absolute atomic E-state index is 0. The van der Waals surface area contributed by atoms with Crippen molar-refractivity contribution in [2.24, 2.45) is 5.92 Å². The van der Waals surface area contributed by atoms with Gasteiger partial charge in [0.25, 0.3) is 0 Å². The normalized spacial score (nSPS) is 13.6. The first-order chi connectivity index (χ1) is 13.2. The van der Waals surface area contributed by atoms with Crippen LogP contribution in [-0.4, -0.2) is 94.5 Å². The molecule has 194 valence electrons. The molecule has 0 rings (SSSR count). The van der Waals surface area contributed by atoms with Crippen molar-refractivity contribution in [1.29, 1.82) is 0 Å². The second kappa shape index (κ2) is 16.2. The van der Waals surface area contributed by atoms with Crippen LogP contribution in [0.3, 0.4) is 0 Å². The second-order valence-electron chi connectivity index (χ2n) is 6.88. The highest BCUT2D eigenvalue weighted by Crippen LogP contribution is 2.48. The quantitative estimate of drug-likeness (QED) is 0.255. The Labute approximate surface area is 185 Å². The predicted molar refractivity (Wildman–Crippen MR) is 96.7 cm³/mol. The second-order valence-corrected chi connectivity index (χ2v) is 8.30. The van der Waals surface area contributed by atoms with Gasteiger partial charge in [-0.2, -0.15) is 30.7 Å². The molecule has 0 bridgehead atoms. The van der Waals surface area contributed by atoms with Gasteiger partial charge in [-0.05, 0) is 35.1 Å². The monoisotopic (exact) mass is 518 g/mol. The van der Waals surface area contributed by atoms with Crippen molar-refractivity contribution in [2.75, 3.05) is 54.4 Å². The maximum atomic E-state index is 12.5. The van der Waals surface area contributed by atoms with Crippen LogP contribution in [0.1, 0.15) is 19.8 Å². The standard InChI is InChI=1S/C5H5F7O3S.2C5H14N2.ClH/c1-2(4(8,9)10)3(6,7)5(11,12)16(13,14)15;2*1-7(2)5-3-4-6;/h2H,1H3,(H,13,14,15);2*3-6H2,1-2H3;1H. The van der Waals surface area contributed by atoms with E-state index < -0.39 is 33.4 Å². The third-order valence-electron chi connectivity index (χ3n) is 3.45. The van der Waals surface area contributed by atoms with E-state index in [-0.39, 0.29) is 19.3 Å². The Bertz CT molecular complexity index is 539. The van der Waals surface area contributed by atoms with Gasteiger partial charge in [-0.15, -0.1) is 0 Å². The van der Waals surface area contributed by atoms with Gasteiger partial charge in [0, 0.05) is 25.9 Å². The maximum Gasteiger partial charge on any atom is 0.397 e. The molecule has 0 aliphatic heterocycles. The number of hydrogen-bond acceptors (Lipinski definition) is 5. The minimum atomic E-state index is -6.90. The summed E-state index contributed by atoms with van der Waals surface area (Å²) in [7, 11) is 1.42. The van der Waals surface area contributed by atoms with Crippen LogP contribution in [0.2, 0.25) is 0 Å². The van der Waals surface area contributed by atoms with Crippen molar-refractivity contribution in [3.63, 3.8) is 0 Å². The van der Waals surface area contributed by atoms with Gasteiger partial charge in [0.2, 0.25) is 0 Å². The molecule has 6 N–H and O–H groups in total. The maximum absolute atomic E-state index is 12.5. The lowest BCUT2D eigenvalue weighted by atomic mass is 10.0. The van der Waals surface area contributed by atoms with E-state index in [0.29, 0.717) is 0 Å². The van der Waals surface area contributed by atoms with Gasteiger partial charge in [-0.3, -0.25) is 0 Å². The van der Waals surface area contributed by atoms with E-state index in [1.54, 1.807) is 0 Å². The molecule has 0 heterocycles. The predicted octanol–water partition coefficient (Wildman–Crippen LogP) is -2.68. The van der Waals surface area contributed by atoms with Crippen LogP contribution in [0, 0.1) is 5.92 Å². The van der Waals surface area contributed by atoms with E-state index in [2.05, 4.69) is 49.5 Å². The van der Waals surface area contributed by atoms with Crippen LogP contribution < -0.4 is 23.9 Å². The van der Waals surface area contributed by atoms with Crippen LogP contribution >= 0.6 is 0 Å². The first kappa shape index (κ1) is 37.8. The molecule has 0 saturated carbocycles. The number of nitrogens with zero attached hydrogens (tertiary/aromatic N) is 2. The van der Waals surface area contributed by atoms with Crippen LogP contribution in [0.5, 0.6) is 0 Å². The number of rotatable bonds is 9. The summed E-state index contributed by atoms with van der Waals surface area (Å²) in [5, 5.41) is -6.32. The van der Waals surface area contributed by atoms with Crippen molar-refractivity contribution < 1.29 is 67.6 Å². The molecular weight excluding hydrogens is 485 g/mol. The van der Waals surface area contributed by atoms with E-state index in [4.69, 9.17) is 0 Å². The lowest BCUT2D eigenvalue weighted by molar-refractivity contribution is -0.368. The fourth-order valence-corrected chi connectivity index (χ4v) is 1.99. The van der Waals surface area contributed by atoms with Gasteiger partial charge in [0.15, 0.2) is 10.1 Å². The van der Waals surface area contributed by atoms with Crippen LogP contribution in [0.15, 0.2) is 0 Å². The lowest BCUT2D eigenvalue weighted by Crippen LogP contribution is -3.00. The minimum Gasteiger partial charge on any atom is -1.00 e. The van der Waals surface area contributed by atoms with Gasteiger partial charge in [-0.1, -0.05) is 0 Å². The highest BCUT2D eigenvalue weighted by atomic mass is 35.5. The summed E-state index contributed by atoms with van der Waals surface area (Å²) in [4.78, 5) is 4.34. The first-order valence-electron chi connectivity index (χ1n) is 8.85. The Balaban J connectivity index is -0.000000202. The third kappa shape index (κ3) is 15.9. The van der Waals surface area contributed by atoms with E-state index in [9.17, 15) is 43.7 Å². The average molecular weight is 519 g/mol. The van der Waals surface area contributed by atoms with Crippen molar-refractivity contribution in [2.45, 2.75) is 37.1 Å². The molecule has 0 saturated heterocycles. The summed E-state index contributed by atoms with van der Waals surface area (Å²) in [6.07, 6.45) is -3.34. The fraction of sp³-hybridized carbons (Fsp3) is 1.00. The molecule has 1 unspecified atom stereocenters. The zero-order valence-electron chi connectivity index (χ0n) is 18.3. The summed E-state index contributed by atoms with van der Waals surface area (Å²) in [5.74, 6) is -10.0. The number of hydrogen-bond donors (Lipinski definition) is 2. The topological polar surface area (TPSA) is 119 Å². The number of halogens is 8. The van der Waals surface area contributed by atoms with E-state index in [0.717, 1.165) is 13.1 Å². The van der Waals surface area contributed by atoms with Crippen molar-refractivity contribution in [3.8, 4) is 0 Å². The Morgan fingerprint density at radius 2 is 1.13 bits per heavy atom. The van der Waals surface area contributed by atoms with E-state index >= 15 is 0 Å². The van der Waals surface area contributed by atoms with Gasteiger partial charge in [0.05, 0.1) is 13.1 Å². The van der Waals surface area contributed by atoms with Crippen molar-refractivity contribution in [1.82, 2.24) is 9.80 Å². The van der Waals surface area contributed by atoms with Crippen LogP contribution in [-0.2, 0) is 10.1 Å². The highest BCUT2D eigenvalue weighted by Gasteiger charge is 2.69. The van der Waals surface area contributed by atoms with E-state index in [1.807, 2.05) is 0 Å². The summed E-state index contributed by atoms with van der Waals surface area (Å²) in [5.41, 5.74) is 7.46. The molecule has 0 aliphatic rings. The smallest absolute Gasteiger partial charge is 0.397 e. The number of alkyl halides is 7. The van der Waals surface area contributed by atoms with Gasteiger partial charge < -0.3 is 38.2 Å². The lowest BCUT2D eigenvalue weighted by Gasteiger charge is -2.33. The zero-order valence-corrected chi connectivity index (χ0v) is 19.9. The Kier molecular flexibility index (Phi) is 19.8. The molecule has 0 spiro atoms. The molecule has 0 amide bonds. The molecule has 31 heavy (non-hydrogen) atoms. The molecule has 0 aromatic heterocycles. The molecule has 1 atom stereocenters. The largest absolute Gasteiger partial charge is 1.00 e. The Hall–Kier alpha value is -0.450. The molecular formula is C15H34ClF7N4O3S. The van der Waals surface area contributed by atoms with Gasteiger partial charge in [0.1, 0.15) is 5.92 Å². The molecule has 0 aliphatic carbocycles. The molecule has 0 radical (unpaired) electrons. The van der Waals surface area contributed by atoms with E-state index in [1.165, 1.54) is 25.9 Å². The van der Waals surface area contributed by atoms with Crippen molar-refractivity contribution >= 4 is 10.1 Å². The number of quaternary nitrogens is 2. The Morgan fingerprint density at radius 3 is 1.26 bits per heavy atom. The zero-order chi connectivity index (χ0) is 25.0. The van der Waals surface area contributed by atoms with Gasteiger partial charge >= 0.3 is 17.4 Å².